The molecule has 3 aromatic carbocycles. The molecule has 7 nitrogen and oxygen atoms in total. The molecule has 0 atom stereocenters. The number of fused-ring (bicyclic) bond motifs is 3. The Balaban J connectivity index is 1.30. The number of hydrogen-bond acceptors (Lipinski definition) is 5. The van der Waals surface area contributed by atoms with Crippen molar-refractivity contribution in [3.8, 4) is 11.1 Å². The van der Waals surface area contributed by atoms with Crippen LogP contribution in [0.5, 0.6) is 0 Å². The molecule has 2 N–H and O–H groups in total. The van der Waals surface area contributed by atoms with Crippen LogP contribution in [0.25, 0.3) is 17.2 Å². The largest absolute Gasteiger partial charge is 0.492 e. The monoisotopic (exact) mass is 571 g/mol. The molecule has 9 heteroatoms. The van der Waals surface area contributed by atoms with Crippen molar-refractivity contribution in [2.45, 2.75) is 57.7 Å². The van der Waals surface area contributed by atoms with Gasteiger partial charge in [-0.15, -0.1) is 0 Å². The van der Waals surface area contributed by atoms with Crippen LogP contribution in [0, 0.1) is 5.82 Å². The fraction of sp³-hybridized carbons (Fsp3) is 0.333. The highest BCUT2D eigenvalue weighted by atomic mass is 19.1. The second kappa shape index (κ2) is 11.7. The van der Waals surface area contributed by atoms with Crippen LogP contribution in [0.1, 0.15) is 62.3 Å². The van der Waals surface area contributed by atoms with Crippen molar-refractivity contribution < 1.29 is 33.1 Å². The molecule has 0 saturated carbocycles. The average molecular weight is 571 g/mol. The number of carbonyl (C=O) groups is 2. The molecule has 1 heterocycles. The van der Waals surface area contributed by atoms with Gasteiger partial charge in [-0.2, -0.15) is 0 Å². The van der Waals surface area contributed by atoms with Gasteiger partial charge < -0.3 is 24.5 Å². The SMILES string of the molecule is CC1(C)OB(C(=Cc2ccc(CCC(=O)O)c(F)c2)CNC(=O)OCC2c3ccccc3-c3ccccc32)OC1(C)C. The first-order valence-corrected chi connectivity index (χ1v) is 14.1. The number of nitrogens with one attached hydrogen (secondary N) is 1. The summed E-state index contributed by atoms with van der Waals surface area (Å²) < 4.78 is 32.9. The second-order valence-corrected chi connectivity index (χ2v) is 11.7. The van der Waals surface area contributed by atoms with Crippen molar-refractivity contribution in [3.05, 3.63) is 100 Å². The van der Waals surface area contributed by atoms with Gasteiger partial charge in [0.2, 0.25) is 0 Å². The Morgan fingerprint density at radius 3 is 2.14 bits per heavy atom. The normalized spacial score (nSPS) is 17.1. The summed E-state index contributed by atoms with van der Waals surface area (Å²) in [5.41, 5.74) is 4.74. The number of rotatable bonds is 9. The Labute approximate surface area is 245 Å². The molecule has 0 unspecified atom stereocenters. The average Bonchev–Trinajstić information content (AvgIpc) is 3.38. The molecule has 1 saturated heterocycles. The van der Waals surface area contributed by atoms with E-state index in [1.54, 1.807) is 18.2 Å². The van der Waals surface area contributed by atoms with E-state index in [2.05, 4.69) is 29.6 Å². The summed E-state index contributed by atoms with van der Waals surface area (Å²) in [6.07, 6.45) is 1.07. The van der Waals surface area contributed by atoms with Crippen LogP contribution in [0.15, 0.2) is 72.2 Å². The maximum absolute atomic E-state index is 14.8. The van der Waals surface area contributed by atoms with E-state index in [-0.39, 0.29) is 31.9 Å². The van der Waals surface area contributed by atoms with Crippen molar-refractivity contribution >= 4 is 25.3 Å². The maximum Gasteiger partial charge on any atom is 0.492 e. The van der Waals surface area contributed by atoms with E-state index in [4.69, 9.17) is 19.2 Å². The molecule has 0 aromatic heterocycles. The van der Waals surface area contributed by atoms with Gasteiger partial charge in [0.25, 0.3) is 0 Å². The zero-order valence-electron chi connectivity index (χ0n) is 24.3. The van der Waals surface area contributed by atoms with Gasteiger partial charge in [-0.25, -0.2) is 9.18 Å². The van der Waals surface area contributed by atoms with E-state index in [1.807, 2.05) is 52.0 Å². The van der Waals surface area contributed by atoms with Crippen LogP contribution >= 0.6 is 0 Å². The molecule has 3 aromatic rings. The number of ether oxygens (including phenoxy) is 1. The van der Waals surface area contributed by atoms with Crippen LogP contribution in [0.3, 0.4) is 0 Å². The van der Waals surface area contributed by atoms with Crippen molar-refractivity contribution in [2.24, 2.45) is 0 Å². The summed E-state index contributed by atoms with van der Waals surface area (Å²) in [4.78, 5) is 23.8. The van der Waals surface area contributed by atoms with Gasteiger partial charge in [0.1, 0.15) is 12.4 Å². The first-order valence-electron chi connectivity index (χ1n) is 14.1. The number of aryl methyl sites for hydroxylation is 1. The fourth-order valence-corrected chi connectivity index (χ4v) is 5.33. The lowest BCUT2D eigenvalue weighted by atomic mass is 9.77. The number of carboxylic acids is 1. The van der Waals surface area contributed by atoms with E-state index in [0.717, 1.165) is 22.3 Å². The standard InChI is InChI=1S/C33H35BFNO6/c1-32(2)33(3,4)42-34(41-32)23(17-21-13-14-22(29(35)18-21)15-16-30(37)38)19-36-31(39)40-20-28-26-11-7-5-9-24(26)25-10-6-8-12-27(25)28/h5-14,17-18,28H,15-16,19-20H2,1-4H3,(H,36,39)(H,37,38). The molecule has 2 aliphatic rings. The number of aliphatic carboxylic acids is 1. The van der Waals surface area contributed by atoms with E-state index < -0.39 is 36.2 Å². The van der Waals surface area contributed by atoms with E-state index in [1.165, 1.54) is 6.07 Å². The van der Waals surface area contributed by atoms with Crippen LogP contribution < -0.4 is 5.32 Å². The van der Waals surface area contributed by atoms with Crippen LogP contribution in [-0.4, -0.2) is 48.6 Å². The highest BCUT2D eigenvalue weighted by molar-refractivity contribution is 6.56. The Morgan fingerprint density at radius 2 is 1.57 bits per heavy atom. The fourth-order valence-electron chi connectivity index (χ4n) is 5.33. The van der Waals surface area contributed by atoms with E-state index in [9.17, 15) is 14.0 Å². The first-order chi connectivity index (χ1) is 19.9. The predicted octanol–water partition coefficient (Wildman–Crippen LogP) is 6.40. The third-order valence-corrected chi connectivity index (χ3v) is 8.37. The number of alkyl carbamates (subject to hydrolysis) is 1. The van der Waals surface area contributed by atoms with Crippen molar-refractivity contribution in [2.75, 3.05) is 13.2 Å². The lowest BCUT2D eigenvalue weighted by molar-refractivity contribution is -0.136. The summed E-state index contributed by atoms with van der Waals surface area (Å²) in [5.74, 6) is -1.55. The number of carboxylic acid groups (broad SMARTS) is 1. The Kier molecular flexibility index (Phi) is 8.26. The third-order valence-electron chi connectivity index (χ3n) is 8.37. The molecule has 0 bridgehead atoms. The molecular formula is C33H35BFNO6. The molecule has 1 fully saturated rings. The predicted molar refractivity (Wildman–Crippen MR) is 159 cm³/mol. The Hall–Kier alpha value is -3.95. The summed E-state index contributed by atoms with van der Waals surface area (Å²) in [6.45, 7) is 7.95. The number of benzene rings is 3. The molecule has 42 heavy (non-hydrogen) atoms. The summed E-state index contributed by atoms with van der Waals surface area (Å²) in [7, 11) is -0.779. The molecule has 218 valence electrons. The minimum absolute atomic E-state index is 0.0515. The van der Waals surface area contributed by atoms with Crippen LogP contribution in [-0.2, 0) is 25.3 Å². The number of amides is 1. The molecule has 5 rings (SSSR count). The van der Waals surface area contributed by atoms with Gasteiger partial charge >= 0.3 is 19.2 Å². The molecule has 1 aliphatic carbocycles. The number of halogens is 1. The maximum atomic E-state index is 14.8. The van der Waals surface area contributed by atoms with E-state index in [0.29, 0.717) is 16.6 Å². The zero-order chi connectivity index (χ0) is 30.1. The molecule has 1 amide bonds. The molecule has 0 spiro atoms. The highest BCUT2D eigenvalue weighted by Gasteiger charge is 2.52. The van der Waals surface area contributed by atoms with Gasteiger partial charge in [0.05, 0.1) is 11.2 Å². The summed E-state index contributed by atoms with van der Waals surface area (Å²) in [6, 6.07) is 20.9. The molecule has 1 aliphatic heterocycles. The minimum atomic E-state index is -0.985. The van der Waals surface area contributed by atoms with Gasteiger partial charge in [-0.3, -0.25) is 4.79 Å². The highest BCUT2D eigenvalue weighted by Crippen LogP contribution is 2.44. The summed E-state index contributed by atoms with van der Waals surface area (Å²) in [5, 5.41) is 11.7. The van der Waals surface area contributed by atoms with Gasteiger partial charge in [-0.1, -0.05) is 66.7 Å². The van der Waals surface area contributed by atoms with E-state index >= 15 is 0 Å². The summed E-state index contributed by atoms with van der Waals surface area (Å²) >= 11 is 0. The lowest BCUT2D eigenvalue weighted by Crippen LogP contribution is -2.41. The van der Waals surface area contributed by atoms with Crippen molar-refractivity contribution in [1.29, 1.82) is 0 Å². The van der Waals surface area contributed by atoms with Gasteiger partial charge in [0, 0.05) is 18.9 Å². The number of hydrogen-bond donors (Lipinski definition) is 2. The Bertz CT molecular complexity index is 1470. The second-order valence-electron chi connectivity index (χ2n) is 11.7. The smallest absolute Gasteiger partial charge is 0.481 e. The third kappa shape index (κ3) is 6.12. The zero-order valence-corrected chi connectivity index (χ0v) is 24.3. The first kappa shape index (κ1) is 29.5. The van der Waals surface area contributed by atoms with Crippen LogP contribution in [0.4, 0.5) is 9.18 Å². The lowest BCUT2D eigenvalue weighted by Gasteiger charge is -2.32. The van der Waals surface area contributed by atoms with Crippen molar-refractivity contribution in [1.82, 2.24) is 5.32 Å². The van der Waals surface area contributed by atoms with Crippen LogP contribution in [0.2, 0.25) is 0 Å². The molecule has 0 radical (unpaired) electrons. The van der Waals surface area contributed by atoms with Gasteiger partial charge in [-0.05, 0) is 79.0 Å². The Morgan fingerprint density at radius 1 is 0.976 bits per heavy atom. The molecular weight excluding hydrogens is 536 g/mol. The van der Waals surface area contributed by atoms with Gasteiger partial charge in [0.15, 0.2) is 0 Å². The topological polar surface area (TPSA) is 94.1 Å². The van der Waals surface area contributed by atoms with Crippen molar-refractivity contribution in [3.63, 3.8) is 0 Å². The minimum Gasteiger partial charge on any atom is -0.481 e. The number of carbonyl (C=O) groups excluding carboxylic acids is 1. The quantitative estimate of drug-likeness (QED) is 0.289.